The highest BCUT2D eigenvalue weighted by molar-refractivity contribution is 5.95. The van der Waals surface area contributed by atoms with Crippen LogP contribution >= 0.6 is 24.8 Å². The Bertz CT molecular complexity index is 1200. The van der Waals surface area contributed by atoms with Crippen molar-refractivity contribution in [3.05, 3.63) is 59.8 Å². The summed E-state index contributed by atoms with van der Waals surface area (Å²) in [4.78, 5) is 25.8. The van der Waals surface area contributed by atoms with E-state index < -0.39 is 0 Å². The van der Waals surface area contributed by atoms with E-state index in [0.29, 0.717) is 6.54 Å². The predicted molar refractivity (Wildman–Crippen MR) is 152 cm³/mol. The van der Waals surface area contributed by atoms with Crippen LogP contribution in [-0.4, -0.2) is 80.8 Å². The number of pyridine rings is 1. The Morgan fingerprint density at radius 2 is 1.61 bits per heavy atom. The highest BCUT2D eigenvalue weighted by Gasteiger charge is 2.29. The molecule has 0 spiro atoms. The van der Waals surface area contributed by atoms with Crippen LogP contribution in [0.5, 0.6) is 5.75 Å². The van der Waals surface area contributed by atoms with Gasteiger partial charge >= 0.3 is 6.03 Å². The number of benzene rings is 2. The molecule has 9 heteroatoms. The predicted octanol–water partition coefficient (Wildman–Crippen LogP) is 4.63. The number of anilines is 2. The van der Waals surface area contributed by atoms with Crippen molar-refractivity contribution in [3.8, 4) is 5.75 Å². The molecule has 5 rings (SSSR count). The minimum atomic E-state index is 0. The number of rotatable bonds is 6. The molecule has 3 heterocycles. The quantitative estimate of drug-likeness (QED) is 0.464. The number of hydrogen-bond acceptors (Lipinski definition) is 5. The van der Waals surface area contributed by atoms with Gasteiger partial charge in [-0.2, -0.15) is 0 Å². The number of ether oxygens (including phenoxy) is 1. The Labute approximate surface area is 225 Å². The topological polar surface area (TPSA) is 52.2 Å². The van der Waals surface area contributed by atoms with Crippen LogP contribution in [0, 0.1) is 6.92 Å². The smallest absolute Gasteiger partial charge is 0.324 e. The summed E-state index contributed by atoms with van der Waals surface area (Å²) in [5.74, 6) is 0.823. The van der Waals surface area contributed by atoms with Crippen LogP contribution in [0.4, 0.5) is 16.2 Å². The second-order valence-corrected chi connectivity index (χ2v) is 9.20. The van der Waals surface area contributed by atoms with E-state index >= 15 is 0 Å². The first kappa shape index (κ1) is 27.8. The molecule has 2 fully saturated rings. The molecule has 194 valence electrons. The number of aromatic nitrogens is 1. The Kier molecular flexibility index (Phi) is 9.28. The fourth-order valence-electron chi connectivity index (χ4n) is 5.09. The first-order chi connectivity index (χ1) is 16.5. The maximum atomic E-state index is 12.5. The molecule has 3 aromatic rings. The molecular formula is C27H35Cl2N5O2. The van der Waals surface area contributed by atoms with Crippen molar-refractivity contribution in [2.45, 2.75) is 13.3 Å². The van der Waals surface area contributed by atoms with Gasteiger partial charge in [-0.1, -0.05) is 18.2 Å². The number of para-hydroxylation sites is 1. The van der Waals surface area contributed by atoms with Gasteiger partial charge < -0.3 is 14.5 Å². The number of halogens is 2. The molecule has 0 aliphatic carbocycles. The summed E-state index contributed by atoms with van der Waals surface area (Å²) in [6.45, 7) is 8.48. The van der Waals surface area contributed by atoms with E-state index in [1.807, 2.05) is 31.0 Å². The molecule has 0 radical (unpaired) electrons. The Morgan fingerprint density at radius 3 is 2.31 bits per heavy atom. The molecule has 2 aromatic carbocycles. The van der Waals surface area contributed by atoms with E-state index in [2.05, 4.69) is 46.2 Å². The van der Waals surface area contributed by atoms with Gasteiger partial charge in [-0.05, 0) is 49.2 Å². The lowest BCUT2D eigenvalue weighted by Gasteiger charge is -2.36. The Morgan fingerprint density at radius 1 is 0.889 bits per heavy atom. The van der Waals surface area contributed by atoms with Gasteiger partial charge in [0.05, 0.1) is 18.3 Å². The monoisotopic (exact) mass is 531 g/mol. The lowest BCUT2D eigenvalue weighted by Crippen LogP contribution is -2.47. The molecule has 2 saturated heterocycles. The molecule has 0 unspecified atom stereocenters. The zero-order chi connectivity index (χ0) is 23.7. The normalized spacial score (nSPS) is 16.2. The fourth-order valence-corrected chi connectivity index (χ4v) is 5.09. The van der Waals surface area contributed by atoms with Gasteiger partial charge in [-0.25, -0.2) is 4.79 Å². The van der Waals surface area contributed by atoms with Gasteiger partial charge in [-0.3, -0.25) is 14.8 Å². The van der Waals surface area contributed by atoms with E-state index in [4.69, 9.17) is 9.72 Å². The van der Waals surface area contributed by atoms with Crippen molar-refractivity contribution >= 4 is 53.1 Å². The van der Waals surface area contributed by atoms with Crippen molar-refractivity contribution in [2.75, 3.05) is 69.8 Å². The number of aryl methyl sites for hydroxylation is 1. The lowest BCUT2D eigenvalue weighted by atomic mass is 10.1. The van der Waals surface area contributed by atoms with Crippen molar-refractivity contribution < 1.29 is 9.53 Å². The number of methoxy groups -OCH3 is 1. The summed E-state index contributed by atoms with van der Waals surface area (Å²) in [6, 6.07) is 16.9. The number of piperazine rings is 1. The van der Waals surface area contributed by atoms with Gasteiger partial charge in [0.15, 0.2) is 0 Å². The van der Waals surface area contributed by atoms with Crippen molar-refractivity contribution in [2.24, 2.45) is 0 Å². The zero-order valence-electron chi connectivity index (χ0n) is 21.1. The molecule has 0 bridgehead atoms. The number of carbonyl (C=O) groups excluding carboxylic acids is 1. The largest absolute Gasteiger partial charge is 0.494 e. The molecular weight excluding hydrogens is 497 g/mol. The second kappa shape index (κ2) is 12.0. The SMILES string of the molecule is COc1c(CCN2CCN(c3cccc4nc(C)ccc34)CC2)cccc1N1CCN(C)C1=O.Cl.Cl. The third kappa shape index (κ3) is 5.48. The average Bonchev–Trinajstić information content (AvgIpc) is 3.20. The highest BCUT2D eigenvalue weighted by Crippen LogP contribution is 2.34. The summed E-state index contributed by atoms with van der Waals surface area (Å²) in [6.07, 6.45) is 0.895. The van der Waals surface area contributed by atoms with E-state index in [0.717, 1.165) is 73.9 Å². The average molecular weight is 533 g/mol. The number of amides is 2. The summed E-state index contributed by atoms with van der Waals surface area (Å²) in [5.41, 5.74) is 5.42. The molecule has 0 saturated carbocycles. The van der Waals surface area contributed by atoms with Gasteiger partial charge in [0, 0.05) is 69.6 Å². The third-order valence-corrected chi connectivity index (χ3v) is 7.05. The fraction of sp³-hybridized carbons (Fsp3) is 0.407. The molecule has 0 N–H and O–H groups in total. The van der Waals surface area contributed by atoms with Crippen LogP contribution in [0.1, 0.15) is 11.3 Å². The molecule has 0 atom stereocenters. The number of fused-ring (bicyclic) bond motifs is 1. The first-order valence-electron chi connectivity index (χ1n) is 12.1. The summed E-state index contributed by atoms with van der Waals surface area (Å²) < 4.78 is 5.79. The van der Waals surface area contributed by atoms with E-state index in [1.54, 1.807) is 12.0 Å². The summed E-state index contributed by atoms with van der Waals surface area (Å²) in [5, 5.41) is 1.23. The maximum absolute atomic E-state index is 12.5. The number of carbonyl (C=O) groups is 1. The van der Waals surface area contributed by atoms with Crippen molar-refractivity contribution in [1.82, 2.24) is 14.8 Å². The van der Waals surface area contributed by atoms with Crippen molar-refractivity contribution in [1.29, 1.82) is 0 Å². The number of nitrogens with zero attached hydrogens (tertiary/aromatic N) is 5. The van der Waals surface area contributed by atoms with E-state index in [-0.39, 0.29) is 30.8 Å². The number of urea groups is 1. The molecule has 2 aliphatic rings. The van der Waals surface area contributed by atoms with E-state index in [9.17, 15) is 4.79 Å². The molecule has 2 aliphatic heterocycles. The molecule has 36 heavy (non-hydrogen) atoms. The molecule has 2 amide bonds. The third-order valence-electron chi connectivity index (χ3n) is 7.05. The highest BCUT2D eigenvalue weighted by atomic mass is 35.5. The van der Waals surface area contributed by atoms with Gasteiger partial charge in [-0.15, -0.1) is 24.8 Å². The van der Waals surface area contributed by atoms with Crippen LogP contribution in [0.15, 0.2) is 48.5 Å². The van der Waals surface area contributed by atoms with Gasteiger partial charge in [0.25, 0.3) is 0 Å². The number of hydrogen-bond donors (Lipinski definition) is 0. The van der Waals surface area contributed by atoms with Gasteiger partial charge in [0.2, 0.25) is 0 Å². The minimum Gasteiger partial charge on any atom is -0.494 e. The van der Waals surface area contributed by atoms with Crippen LogP contribution in [0.25, 0.3) is 10.9 Å². The van der Waals surface area contributed by atoms with Crippen LogP contribution in [0.2, 0.25) is 0 Å². The van der Waals surface area contributed by atoms with Crippen LogP contribution < -0.4 is 14.5 Å². The molecule has 7 nitrogen and oxygen atoms in total. The Hall–Kier alpha value is -2.74. The minimum absolute atomic E-state index is 0. The first-order valence-corrected chi connectivity index (χ1v) is 12.1. The van der Waals surface area contributed by atoms with Crippen molar-refractivity contribution in [3.63, 3.8) is 0 Å². The van der Waals surface area contributed by atoms with Gasteiger partial charge in [0.1, 0.15) is 5.75 Å². The summed E-state index contributed by atoms with van der Waals surface area (Å²) in [7, 11) is 3.54. The maximum Gasteiger partial charge on any atom is 0.324 e. The summed E-state index contributed by atoms with van der Waals surface area (Å²) >= 11 is 0. The Balaban J connectivity index is 0.00000180. The standard InChI is InChI=1S/C27H33N5O2.2ClH/c1-20-10-11-22-23(28-20)7-5-8-24(22)31-17-15-30(16-18-31)13-12-21-6-4-9-25(26(21)34-3)32-19-14-29(2)27(32)33;;/h4-11H,12-19H2,1-3H3;2*1H. The second-order valence-electron chi connectivity index (χ2n) is 9.20. The lowest BCUT2D eigenvalue weighted by molar-refractivity contribution is 0.229. The number of likely N-dealkylation sites (N-methyl/N-ethyl adjacent to an activating group) is 1. The molecule has 1 aromatic heterocycles. The van der Waals surface area contributed by atoms with Crippen LogP contribution in [0.3, 0.4) is 0 Å². The zero-order valence-corrected chi connectivity index (χ0v) is 22.8. The van der Waals surface area contributed by atoms with E-state index in [1.165, 1.54) is 11.1 Å². The van der Waals surface area contributed by atoms with Crippen LogP contribution in [-0.2, 0) is 6.42 Å².